The van der Waals surface area contributed by atoms with Crippen molar-refractivity contribution >= 4 is 5.97 Å². The van der Waals surface area contributed by atoms with Gasteiger partial charge in [-0.1, -0.05) is 25.1 Å². The summed E-state index contributed by atoms with van der Waals surface area (Å²) in [5, 5.41) is 0. The summed E-state index contributed by atoms with van der Waals surface area (Å²) < 4.78 is 15.8. The molecule has 0 unspecified atom stereocenters. The van der Waals surface area contributed by atoms with Crippen molar-refractivity contribution in [1.82, 2.24) is 0 Å². The summed E-state index contributed by atoms with van der Waals surface area (Å²) in [5.74, 6) is 1.67. The monoisotopic (exact) mass is 314 g/mol. The second-order valence-corrected chi connectivity index (χ2v) is 5.16. The van der Waals surface area contributed by atoms with E-state index in [0.29, 0.717) is 30.1 Å². The van der Waals surface area contributed by atoms with Crippen LogP contribution >= 0.6 is 0 Å². The van der Waals surface area contributed by atoms with Gasteiger partial charge in [0.2, 0.25) is 0 Å². The van der Waals surface area contributed by atoms with E-state index in [-0.39, 0.29) is 5.97 Å². The van der Waals surface area contributed by atoms with Crippen LogP contribution in [0.25, 0.3) is 0 Å². The fourth-order valence-electron chi connectivity index (χ4n) is 2.26. The molecule has 0 spiro atoms. The van der Waals surface area contributed by atoms with E-state index in [0.717, 1.165) is 12.0 Å². The molecule has 0 aromatic heterocycles. The van der Waals surface area contributed by atoms with Crippen LogP contribution in [0.5, 0.6) is 17.2 Å². The number of aryl methyl sites for hydroxylation is 2. The van der Waals surface area contributed by atoms with Gasteiger partial charge in [-0.15, -0.1) is 0 Å². The first-order chi connectivity index (χ1) is 11.2. The van der Waals surface area contributed by atoms with Gasteiger partial charge in [-0.25, -0.2) is 0 Å². The Bertz CT molecular complexity index is 647. The molecule has 0 bridgehead atoms. The second-order valence-electron chi connectivity index (χ2n) is 5.16. The summed E-state index contributed by atoms with van der Waals surface area (Å²) in [4.78, 5) is 11.9. The van der Waals surface area contributed by atoms with Crippen molar-refractivity contribution in [2.45, 2.75) is 26.2 Å². The van der Waals surface area contributed by atoms with Crippen LogP contribution in [0.3, 0.4) is 0 Å². The summed E-state index contributed by atoms with van der Waals surface area (Å²) in [6.07, 6.45) is 1.87. The predicted molar refractivity (Wildman–Crippen MR) is 89.3 cm³/mol. The SMILES string of the molecule is CCc1ccc(OC(=O)CCc2ccc(OC)c(OC)c2)cc1. The molecule has 2 aromatic carbocycles. The number of rotatable bonds is 7. The summed E-state index contributed by atoms with van der Waals surface area (Å²) in [5.41, 5.74) is 2.22. The highest BCUT2D eigenvalue weighted by Gasteiger charge is 2.08. The van der Waals surface area contributed by atoms with Crippen LogP contribution in [0.1, 0.15) is 24.5 Å². The molecule has 0 aliphatic heterocycles. The number of esters is 1. The van der Waals surface area contributed by atoms with Crippen molar-refractivity contribution in [1.29, 1.82) is 0 Å². The standard InChI is InChI=1S/C19H22O4/c1-4-14-5-9-16(10-6-14)23-19(20)12-8-15-7-11-17(21-2)18(13-15)22-3/h5-7,9-11,13H,4,8,12H2,1-3H3. The van der Waals surface area contributed by atoms with Gasteiger partial charge in [0.15, 0.2) is 11.5 Å². The molecule has 0 saturated heterocycles. The summed E-state index contributed by atoms with van der Waals surface area (Å²) in [6, 6.07) is 13.2. The van der Waals surface area contributed by atoms with Gasteiger partial charge in [0.25, 0.3) is 0 Å². The normalized spacial score (nSPS) is 10.2. The zero-order valence-electron chi connectivity index (χ0n) is 13.8. The highest BCUT2D eigenvalue weighted by Crippen LogP contribution is 2.28. The molecule has 4 nitrogen and oxygen atoms in total. The zero-order chi connectivity index (χ0) is 16.7. The van der Waals surface area contributed by atoms with Gasteiger partial charge in [-0.2, -0.15) is 0 Å². The summed E-state index contributed by atoms with van der Waals surface area (Å²) >= 11 is 0. The average molecular weight is 314 g/mol. The van der Waals surface area contributed by atoms with E-state index in [4.69, 9.17) is 14.2 Å². The van der Waals surface area contributed by atoms with E-state index in [1.807, 2.05) is 42.5 Å². The van der Waals surface area contributed by atoms with E-state index >= 15 is 0 Å². The van der Waals surface area contributed by atoms with Crippen molar-refractivity contribution in [2.75, 3.05) is 14.2 Å². The summed E-state index contributed by atoms with van der Waals surface area (Å²) in [7, 11) is 3.19. The molecule has 0 radical (unpaired) electrons. The predicted octanol–water partition coefficient (Wildman–Crippen LogP) is 3.80. The molecule has 122 valence electrons. The Morgan fingerprint density at radius 1 is 0.913 bits per heavy atom. The molecule has 0 atom stereocenters. The van der Waals surface area contributed by atoms with Gasteiger partial charge >= 0.3 is 5.97 Å². The summed E-state index contributed by atoms with van der Waals surface area (Å²) in [6.45, 7) is 2.09. The van der Waals surface area contributed by atoms with Crippen molar-refractivity contribution in [3.8, 4) is 17.2 Å². The lowest BCUT2D eigenvalue weighted by molar-refractivity contribution is -0.134. The van der Waals surface area contributed by atoms with Crippen LogP contribution in [0.2, 0.25) is 0 Å². The third-order valence-electron chi connectivity index (χ3n) is 3.63. The fraction of sp³-hybridized carbons (Fsp3) is 0.316. The second kappa shape index (κ2) is 8.22. The molecule has 0 amide bonds. The minimum atomic E-state index is -0.246. The fourth-order valence-corrected chi connectivity index (χ4v) is 2.26. The van der Waals surface area contributed by atoms with E-state index in [2.05, 4.69) is 6.92 Å². The first kappa shape index (κ1) is 16.9. The molecular weight excluding hydrogens is 292 g/mol. The first-order valence-corrected chi connectivity index (χ1v) is 7.66. The van der Waals surface area contributed by atoms with Gasteiger partial charge in [0, 0.05) is 6.42 Å². The molecule has 2 rings (SSSR count). The van der Waals surface area contributed by atoms with Gasteiger partial charge in [-0.05, 0) is 48.2 Å². The van der Waals surface area contributed by atoms with E-state index in [9.17, 15) is 4.79 Å². The number of benzene rings is 2. The minimum Gasteiger partial charge on any atom is -0.493 e. The number of carbonyl (C=O) groups excluding carboxylic acids is 1. The molecule has 0 N–H and O–H groups in total. The number of methoxy groups -OCH3 is 2. The number of ether oxygens (including phenoxy) is 3. The highest BCUT2D eigenvalue weighted by atomic mass is 16.5. The van der Waals surface area contributed by atoms with Crippen LogP contribution in [-0.4, -0.2) is 20.2 Å². The zero-order valence-corrected chi connectivity index (χ0v) is 13.8. The number of carbonyl (C=O) groups is 1. The van der Waals surface area contributed by atoms with E-state index < -0.39 is 0 Å². The Balaban J connectivity index is 1.90. The van der Waals surface area contributed by atoms with Gasteiger partial charge < -0.3 is 14.2 Å². The van der Waals surface area contributed by atoms with Crippen LogP contribution in [-0.2, 0) is 17.6 Å². The molecule has 23 heavy (non-hydrogen) atoms. The maximum Gasteiger partial charge on any atom is 0.311 e. The van der Waals surface area contributed by atoms with E-state index in [1.165, 1.54) is 5.56 Å². The largest absolute Gasteiger partial charge is 0.493 e. The molecule has 0 fully saturated rings. The van der Waals surface area contributed by atoms with Gasteiger partial charge in [-0.3, -0.25) is 4.79 Å². The third-order valence-corrected chi connectivity index (χ3v) is 3.63. The number of hydrogen-bond donors (Lipinski definition) is 0. The lowest BCUT2D eigenvalue weighted by atomic mass is 10.1. The maximum atomic E-state index is 11.9. The Morgan fingerprint density at radius 3 is 2.17 bits per heavy atom. The molecule has 0 heterocycles. The molecule has 0 aliphatic carbocycles. The molecular formula is C19H22O4. The van der Waals surface area contributed by atoms with Gasteiger partial charge in [0.05, 0.1) is 14.2 Å². The molecule has 0 aliphatic rings. The van der Waals surface area contributed by atoms with Crippen LogP contribution in [0.4, 0.5) is 0 Å². The quantitative estimate of drug-likeness (QED) is 0.576. The Kier molecular flexibility index (Phi) is 6.03. The van der Waals surface area contributed by atoms with Crippen LogP contribution in [0, 0.1) is 0 Å². The smallest absolute Gasteiger partial charge is 0.311 e. The first-order valence-electron chi connectivity index (χ1n) is 7.66. The number of hydrogen-bond acceptors (Lipinski definition) is 4. The molecule has 4 heteroatoms. The van der Waals surface area contributed by atoms with E-state index in [1.54, 1.807) is 14.2 Å². The van der Waals surface area contributed by atoms with Crippen LogP contribution in [0.15, 0.2) is 42.5 Å². The van der Waals surface area contributed by atoms with Crippen molar-refractivity contribution in [3.63, 3.8) is 0 Å². The topological polar surface area (TPSA) is 44.8 Å². The lowest BCUT2D eigenvalue weighted by Gasteiger charge is -2.09. The van der Waals surface area contributed by atoms with Crippen molar-refractivity contribution in [2.24, 2.45) is 0 Å². The molecule has 2 aromatic rings. The third kappa shape index (κ3) is 4.74. The maximum absolute atomic E-state index is 11.9. The molecule has 0 saturated carbocycles. The van der Waals surface area contributed by atoms with Crippen molar-refractivity contribution < 1.29 is 19.0 Å². The van der Waals surface area contributed by atoms with Crippen LogP contribution < -0.4 is 14.2 Å². The Hall–Kier alpha value is -2.49. The van der Waals surface area contributed by atoms with Crippen molar-refractivity contribution in [3.05, 3.63) is 53.6 Å². The Morgan fingerprint density at radius 2 is 1.57 bits per heavy atom. The highest BCUT2D eigenvalue weighted by molar-refractivity contribution is 5.72. The lowest BCUT2D eigenvalue weighted by Crippen LogP contribution is -2.09. The Labute approximate surface area is 137 Å². The average Bonchev–Trinajstić information content (AvgIpc) is 2.60. The minimum absolute atomic E-state index is 0.246. The van der Waals surface area contributed by atoms with Gasteiger partial charge in [0.1, 0.15) is 5.75 Å².